The molecule has 1 aromatic carbocycles. The summed E-state index contributed by atoms with van der Waals surface area (Å²) in [5.41, 5.74) is 4.14. The molecule has 0 radical (unpaired) electrons. The Morgan fingerprint density at radius 2 is 2.07 bits per heavy atom. The third-order valence-electron chi connectivity index (χ3n) is 2.53. The van der Waals surface area contributed by atoms with Crippen LogP contribution < -0.4 is 0 Å². The van der Waals surface area contributed by atoms with E-state index in [2.05, 4.69) is 25.6 Å². The summed E-state index contributed by atoms with van der Waals surface area (Å²) in [6, 6.07) is 2.08. The summed E-state index contributed by atoms with van der Waals surface area (Å²) in [4.78, 5) is 0. The minimum atomic E-state index is 0.425. The van der Waals surface area contributed by atoms with Crippen LogP contribution in [0.1, 0.15) is 29.2 Å². The van der Waals surface area contributed by atoms with Crippen LogP contribution in [0, 0.1) is 13.8 Å². The van der Waals surface area contributed by atoms with Gasteiger partial charge in [0.1, 0.15) is 5.75 Å². The van der Waals surface area contributed by atoms with Gasteiger partial charge in [0.2, 0.25) is 0 Å². The zero-order valence-corrected chi connectivity index (χ0v) is 9.73. The first-order valence-corrected chi connectivity index (χ1v) is 5.26. The number of rotatable bonds is 2. The second kappa shape index (κ2) is 4.56. The summed E-state index contributed by atoms with van der Waals surface area (Å²) < 4.78 is 0. The first-order chi connectivity index (χ1) is 6.61. The van der Waals surface area contributed by atoms with E-state index in [-0.39, 0.29) is 0 Å². The predicted octanol–water partition coefficient (Wildman–Crippen LogP) is 3.47. The van der Waals surface area contributed by atoms with Gasteiger partial charge in [0.05, 0.1) is 0 Å². The van der Waals surface area contributed by atoms with Crippen molar-refractivity contribution in [2.45, 2.75) is 27.2 Å². The molecule has 0 atom stereocenters. The highest BCUT2D eigenvalue weighted by Crippen LogP contribution is 2.29. The van der Waals surface area contributed by atoms with Gasteiger partial charge in [-0.3, -0.25) is 0 Å². The molecule has 1 aromatic rings. The minimum absolute atomic E-state index is 0.425. The molecule has 0 saturated carbocycles. The molecule has 0 fully saturated rings. The molecule has 2 heteroatoms. The number of aryl methyl sites for hydroxylation is 1. The van der Waals surface area contributed by atoms with Crippen LogP contribution in [0.3, 0.4) is 0 Å². The zero-order chi connectivity index (χ0) is 10.7. The van der Waals surface area contributed by atoms with Gasteiger partial charge in [-0.25, -0.2) is 0 Å². The molecule has 0 saturated heterocycles. The van der Waals surface area contributed by atoms with Gasteiger partial charge >= 0.3 is 0 Å². The average molecular weight is 208 g/mol. The molecule has 1 N–H and O–H groups in total. The van der Waals surface area contributed by atoms with E-state index in [0.29, 0.717) is 5.75 Å². The first kappa shape index (κ1) is 11.2. The number of benzene rings is 1. The Hall–Kier alpha value is -0.890. The Bertz CT molecular complexity index is 367. The van der Waals surface area contributed by atoms with E-state index in [1.54, 1.807) is 5.41 Å². The number of phenols is 1. The molecule has 0 spiro atoms. The van der Waals surface area contributed by atoms with Crippen LogP contribution in [-0.2, 0) is 6.42 Å². The quantitative estimate of drug-likeness (QED) is 0.713. The molecule has 0 heterocycles. The van der Waals surface area contributed by atoms with E-state index in [9.17, 15) is 5.11 Å². The molecule has 0 aliphatic heterocycles. The molecule has 0 bridgehead atoms. The second-order valence-corrected chi connectivity index (χ2v) is 3.70. The van der Waals surface area contributed by atoms with Crippen molar-refractivity contribution in [2.75, 3.05) is 0 Å². The molecule has 0 aliphatic rings. The van der Waals surface area contributed by atoms with Crippen molar-refractivity contribution in [1.29, 1.82) is 0 Å². The average Bonchev–Trinajstić information content (AvgIpc) is 2.15. The highest BCUT2D eigenvalue weighted by Gasteiger charge is 2.09. The van der Waals surface area contributed by atoms with Crippen LogP contribution in [-0.4, -0.2) is 5.11 Å². The van der Waals surface area contributed by atoms with Crippen LogP contribution in [0.15, 0.2) is 11.5 Å². The second-order valence-electron chi connectivity index (χ2n) is 3.40. The summed E-state index contributed by atoms with van der Waals surface area (Å²) in [7, 11) is 0. The van der Waals surface area contributed by atoms with Gasteiger partial charge in [0, 0.05) is 0 Å². The van der Waals surface area contributed by atoms with Gasteiger partial charge in [-0.05, 0) is 54.0 Å². The normalized spacial score (nSPS) is 11.1. The fourth-order valence-electron chi connectivity index (χ4n) is 1.68. The Morgan fingerprint density at radius 1 is 1.43 bits per heavy atom. The first-order valence-electron chi connectivity index (χ1n) is 4.74. The van der Waals surface area contributed by atoms with Crippen LogP contribution in [0.5, 0.6) is 5.75 Å². The van der Waals surface area contributed by atoms with Crippen molar-refractivity contribution in [3.63, 3.8) is 0 Å². The number of hydrogen-bond acceptors (Lipinski definition) is 2. The van der Waals surface area contributed by atoms with Crippen LogP contribution in [0.25, 0.3) is 6.08 Å². The van der Waals surface area contributed by atoms with Gasteiger partial charge in [0.25, 0.3) is 0 Å². The highest BCUT2D eigenvalue weighted by atomic mass is 32.1. The summed E-state index contributed by atoms with van der Waals surface area (Å²) in [5, 5.41) is 11.6. The van der Waals surface area contributed by atoms with Crippen LogP contribution in [0.2, 0.25) is 0 Å². The maximum absolute atomic E-state index is 9.93. The molecule has 0 aliphatic carbocycles. The van der Waals surface area contributed by atoms with Crippen molar-refractivity contribution in [1.82, 2.24) is 0 Å². The SMILES string of the molecule is CCc1c(C)cc(/C=C\S)c(C)c1O. The number of aromatic hydroxyl groups is 1. The third kappa shape index (κ3) is 1.95. The lowest BCUT2D eigenvalue weighted by atomic mass is 9.97. The standard InChI is InChI=1S/C12H16OS/c1-4-11-8(2)7-10(5-6-14)9(3)12(11)13/h5-7,13-14H,4H2,1-3H3/b6-5-. The molecule has 0 aromatic heterocycles. The van der Waals surface area contributed by atoms with E-state index >= 15 is 0 Å². The topological polar surface area (TPSA) is 20.2 Å². The van der Waals surface area contributed by atoms with E-state index in [0.717, 1.165) is 28.7 Å². The maximum atomic E-state index is 9.93. The van der Waals surface area contributed by atoms with Crippen molar-refractivity contribution >= 4 is 18.7 Å². The van der Waals surface area contributed by atoms with Crippen molar-refractivity contribution in [3.05, 3.63) is 33.7 Å². The minimum Gasteiger partial charge on any atom is -0.507 e. The lowest BCUT2D eigenvalue weighted by molar-refractivity contribution is 0.464. The highest BCUT2D eigenvalue weighted by molar-refractivity contribution is 7.83. The molecular formula is C12H16OS. The van der Waals surface area contributed by atoms with Crippen molar-refractivity contribution in [3.8, 4) is 5.75 Å². The van der Waals surface area contributed by atoms with E-state index in [1.165, 1.54) is 0 Å². The summed E-state index contributed by atoms with van der Waals surface area (Å²) in [5.74, 6) is 0.425. The smallest absolute Gasteiger partial charge is 0.122 e. The van der Waals surface area contributed by atoms with Crippen LogP contribution in [0.4, 0.5) is 0 Å². The largest absolute Gasteiger partial charge is 0.507 e. The predicted molar refractivity (Wildman–Crippen MR) is 65.0 cm³/mol. The fraction of sp³-hybridized carbons (Fsp3) is 0.333. The van der Waals surface area contributed by atoms with Crippen LogP contribution >= 0.6 is 12.6 Å². The Labute approximate surface area is 90.9 Å². The molecule has 76 valence electrons. The van der Waals surface area contributed by atoms with Gasteiger partial charge in [-0.15, -0.1) is 0 Å². The summed E-state index contributed by atoms with van der Waals surface area (Å²) in [6.07, 6.45) is 2.76. The molecule has 1 rings (SSSR count). The molecule has 1 nitrogen and oxygen atoms in total. The number of phenolic OH excluding ortho intramolecular Hbond substituents is 1. The van der Waals surface area contributed by atoms with Crippen molar-refractivity contribution in [2.24, 2.45) is 0 Å². The lowest BCUT2D eigenvalue weighted by Crippen LogP contribution is -1.93. The monoisotopic (exact) mass is 208 g/mol. The molecular weight excluding hydrogens is 192 g/mol. The van der Waals surface area contributed by atoms with Crippen molar-refractivity contribution < 1.29 is 5.11 Å². The van der Waals surface area contributed by atoms with E-state index in [1.807, 2.05) is 19.9 Å². The van der Waals surface area contributed by atoms with Gasteiger partial charge in [0.15, 0.2) is 0 Å². The van der Waals surface area contributed by atoms with Gasteiger partial charge in [-0.1, -0.05) is 13.0 Å². The van der Waals surface area contributed by atoms with E-state index in [4.69, 9.17) is 0 Å². The molecule has 0 unspecified atom stereocenters. The zero-order valence-electron chi connectivity index (χ0n) is 8.83. The van der Waals surface area contributed by atoms with E-state index < -0.39 is 0 Å². The lowest BCUT2D eigenvalue weighted by Gasteiger charge is -2.11. The summed E-state index contributed by atoms with van der Waals surface area (Å²) in [6.45, 7) is 6.00. The Balaban J connectivity index is 3.39. The number of hydrogen-bond donors (Lipinski definition) is 2. The summed E-state index contributed by atoms with van der Waals surface area (Å²) >= 11 is 4.03. The Kier molecular flexibility index (Phi) is 3.64. The molecule has 0 amide bonds. The van der Waals surface area contributed by atoms with Gasteiger partial charge in [-0.2, -0.15) is 12.6 Å². The maximum Gasteiger partial charge on any atom is 0.122 e. The van der Waals surface area contributed by atoms with Gasteiger partial charge < -0.3 is 5.11 Å². The number of thiol groups is 1. The third-order valence-corrected chi connectivity index (χ3v) is 2.68. The fourth-order valence-corrected chi connectivity index (χ4v) is 1.84. The molecule has 14 heavy (non-hydrogen) atoms. The Morgan fingerprint density at radius 3 is 2.57 bits per heavy atom.